The highest BCUT2D eigenvalue weighted by atomic mass is 15.0. The van der Waals surface area contributed by atoms with Gasteiger partial charge in [0.25, 0.3) is 0 Å². The van der Waals surface area contributed by atoms with Crippen molar-refractivity contribution in [1.29, 1.82) is 0 Å². The zero-order chi connectivity index (χ0) is 35.3. The van der Waals surface area contributed by atoms with Crippen LogP contribution in [0.1, 0.15) is 25.0 Å². The summed E-state index contributed by atoms with van der Waals surface area (Å²) in [6, 6.07) is 67.1. The molecule has 1 aliphatic carbocycles. The Morgan fingerprint density at radius 3 is 1.62 bits per heavy atom. The number of nitrogens with zero attached hydrogens (tertiary/aromatic N) is 2. The SMILES string of the molecule is CC1(C)c2ccccc2-c2ccc(-c3ccc(-n4c5ccccc5c5ccc(-c6ccc7c(c6)c6ccccc6n7-c6ccccc6)cc54)cc3)cc21. The van der Waals surface area contributed by atoms with E-state index < -0.39 is 0 Å². The molecular weight excluding hydrogens is 641 g/mol. The van der Waals surface area contributed by atoms with E-state index in [1.54, 1.807) is 0 Å². The van der Waals surface area contributed by atoms with Crippen molar-refractivity contribution in [3.63, 3.8) is 0 Å². The largest absolute Gasteiger partial charge is 0.309 e. The van der Waals surface area contributed by atoms with Gasteiger partial charge in [-0.1, -0.05) is 135 Å². The second kappa shape index (κ2) is 11.2. The van der Waals surface area contributed by atoms with Gasteiger partial charge in [0.1, 0.15) is 0 Å². The van der Waals surface area contributed by atoms with Gasteiger partial charge < -0.3 is 9.13 Å². The summed E-state index contributed by atoms with van der Waals surface area (Å²) >= 11 is 0. The van der Waals surface area contributed by atoms with Gasteiger partial charge >= 0.3 is 0 Å². The van der Waals surface area contributed by atoms with Crippen LogP contribution in [-0.2, 0) is 5.41 Å². The van der Waals surface area contributed by atoms with Crippen LogP contribution in [0.25, 0.3) is 88.4 Å². The van der Waals surface area contributed by atoms with Gasteiger partial charge in [-0.15, -0.1) is 0 Å². The minimum absolute atomic E-state index is 0.0218. The summed E-state index contributed by atoms with van der Waals surface area (Å²) in [5.74, 6) is 0. The molecule has 11 rings (SSSR count). The molecule has 0 saturated heterocycles. The standard InChI is InChI=1S/C51H36N2/c1-51(2)45-17-9-6-14-39(45)40-27-22-35(31-46(40)51)33-20-25-38(26-21-33)53-47-18-10-7-15-41(47)43-28-23-36(32-50(43)53)34-24-29-49-44(30-34)42-16-8-11-19-48(42)52(49)37-12-4-3-5-13-37/h3-32H,1-2H3. The maximum Gasteiger partial charge on any atom is 0.0547 e. The van der Waals surface area contributed by atoms with Crippen LogP contribution in [0, 0.1) is 0 Å². The third-order valence-electron chi connectivity index (χ3n) is 11.7. The minimum atomic E-state index is -0.0218. The van der Waals surface area contributed by atoms with Gasteiger partial charge in [0.15, 0.2) is 0 Å². The van der Waals surface area contributed by atoms with Crippen molar-refractivity contribution in [2.75, 3.05) is 0 Å². The molecule has 0 radical (unpaired) electrons. The van der Waals surface area contributed by atoms with Crippen LogP contribution in [0.15, 0.2) is 182 Å². The molecule has 0 unspecified atom stereocenters. The Labute approximate surface area is 308 Å². The van der Waals surface area contributed by atoms with Gasteiger partial charge in [-0.25, -0.2) is 0 Å². The van der Waals surface area contributed by atoms with Crippen LogP contribution >= 0.6 is 0 Å². The molecule has 0 aliphatic heterocycles. The smallest absolute Gasteiger partial charge is 0.0547 e. The van der Waals surface area contributed by atoms with Crippen LogP contribution in [0.4, 0.5) is 0 Å². The summed E-state index contributed by atoms with van der Waals surface area (Å²) in [7, 11) is 0. The van der Waals surface area contributed by atoms with Gasteiger partial charge in [-0.3, -0.25) is 0 Å². The number of aromatic nitrogens is 2. The fourth-order valence-corrected chi connectivity index (χ4v) is 9.12. The first-order valence-corrected chi connectivity index (χ1v) is 18.5. The summed E-state index contributed by atoms with van der Waals surface area (Å²) < 4.78 is 4.81. The van der Waals surface area contributed by atoms with Gasteiger partial charge in [0.2, 0.25) is 0 Å². The van der Waals surface area contributed by atoms with Crippen LogP contribution in [0.2, 0.25) is 0 Å². The Hall–Kier alpha value is -6.64. The second-order valence-corrected chi connectivity index (χ2v) is 15.0. The topological polar surface area (TPSA) is 9.86 Å². The molecule has 0 fully saturated rings. The van der Waals surface area contributed by atoms with E-state index in [2.05, 4.69) is 205 Å². The quantitative estimate of drug-likeness (QED) is 0.176. The number of hydrogen-bond donors (Lipinski definition) is 0. The Kier molecular flexibility index (Phi) is 6.33. The zero-order valence-corrected chi connectivity index (χ0v) is 29.7. The van der Waals surface area contributed by atoms with Crippen molar-refractivity contribution < 1.29 is 0 Å². The molecule has 0 saturated carbocycles. The Bertz CT molecular complexity index is 3060. The normalized spacial score (nSPS) is 13.2. The molecule has 0 amide bonds. The highest BCUT2D eigenvalue weighted by Crippen LogP contribution is 2.49. The summed E-state index contributed by atoms with van der Waals surface area (Å²) in [5.41, 5.74) is 17.6. The molecule has 2 heterocycles. The van der Waals surface area contributed by atoms with Gasteiger partial charge in [-0.2, -0.15) is 0 Å². The molecule has 0 atom stereocenters. The number of hydrogen-bond acceptors (Lipinski definition) is 0. The summed E-state index contributed by atoms with van der Waals surface area (Å²) in [6.45, 7) is 4.70. The van der Waals surface area contributed by atoms with E-state index in [1.165, 1.54) is 93.8 Å². The summed E-state index contributed by atoms with van der Waals surface area (Å²) in [6.07, 6.45) is 0. The molecule has 250 valence electrons. The average Bonchev–Trinajstić information content (AvgIpc) is 3.81. The van der Waals surface area contributed by atoms with E-state index in [4.69, 9.17) is 0 Å². The Balaban J connectivity index is 1.03. The average molecular weight is 677 g/mol. The van der Waals surface area contributed by atoms with Crippen LogP contribution < -0.4 is 0 Å². The summed E-state index contributed by atoms with van der Waals surface area (Å²) in [5, 5.41) is 5.05. The van der Waals surface area contributed by atoms with Crippen molar-refractivity contribution in [3.05, 3.63) is 193 Å². The monoisotopic (exact) mass is 676 g/mol. The summed E-state index contributed by atoms with van der Waals surface area (Å²) in [4.78, 5) is 0. The zero-order valence-electron chi connectivity index (χ0n) is 29.7. The predicted molar refractivity (Wildman–Crippen MR) is 224 cm³/mol. The fourth-order valence-electron chi connectivity index (χ4n) is 9.12. The van der Waals surface area contributed by atoms with E-state index in [0.29, 0.717) is 0 Å². The molecule has 2 heteroatoms. The van der Waals surface area contributed by atoms with Crippen LogP contribution in [0.3, 0.4) is 0 Å². The highest BCUT2D eigenvalue weighted by molar-refractivity contribution is 6.12. The molecule has 10 aromatic rings. The maximum atomic E-state index is 2.43. The van der Waals surface area contributed by atoms with Gasteiger partial charge in [-0.05, 0) is 105 Å². The molecule has 0 N–H and O–H groups in total. The van der Waals surface area contributed by atoms with E-state index >= 15 is 0 Å². The number of fused-ring (bicyclic) bond motifs is 9. The van der Waals surface area contributed by atoms with E-state index in [-0.39, 0.29) is 5.41 Å². The number of para-hydroxylation sites is 3. The van der Waals surface area contributed by atoms with Crippen LogP contribution in [-0.4, -0.2) is 9.13 Å². The van der Waals surface area contributed by atoms with Crippen LogP contribution in [0.5, 0.6) is 0 Å². The first kappa shape index (κ1) is 30.0. The van der Waals surface area contributed by atoms with E-state index in [0.717, 1.165) is 5.69 Å². The Morgan fingerprint density at radius 1 is 0.321 bits per heavy atom. The van der Waals surface area contributed by atoms with Crippen molar-refractivity contribution in [3.8, 4) is 44.8 Å². The predicted octanol–water partition coefficient (Wildman–Crippen LogP) is 13.5. The van der Waals surface area contributed by atoms with Crippen molar-refractivity contribution in [2.24, 2.45) is 0 Å². The van der Waals surface area contributed by atoms with Crippen molar-refractivity contribution >= 4 is 43.6 Å². The maximum absolute atomic E-state index is 2.43. The lowest BCUT2D eigenvalue weighted by molar-refractivity contribution is 0.660. The number of rotatable bonds is 4. The number of benzene rings is 8. The molecule has 2 nitrogen and oxygen atoms in total. The molecule has 1 aliphatic rings. The Morgan fingerprint density at radius 2 is 0.830 bits per heavy atom. The molecule has 2 aromatic heterocycles. The molecule has 8 aromatic carbocycles. The first-order chi connectivity index (χ1) is 26.0. The third kappa shape index (κ3) is 4.39. The lowest BCUT2D eigenvalue weighted by atomic mass is 9.81. The molecule has 53 heavy (non-hydrogen) atoms. The van der Waals surface area contributed by atoms with E-state index in [9.17, 15) is 0 Å². The van der Waals surface area contributed by atoms with Gasteiger partial charge in [0, 0.05) is 38.3 Å². The van der Waals surface area contributed by atoms with Gasteiger partial charge in [0.05, 0.1) is 22.1 Å². The fraction of sp³-hybridized carbons (Fsp3) is 0.0588. The van der Waals surface area contributed by atoms with E-state index in [1.807, 2.05) is 0 Å². The second-order valence-electron chi connectivity index (χ2n) is 15.0. The molecule has 0 bridgehead atoms. The lowest BCUT2D eigenvalue weighted by Crippen LogP contribution is -2.14. The third-order valence-corrected chi connectivity index (χ3v) is 11.7. The van der Waals surface area contributed by atoms with Crippen molar-refractivity contribution in [1.82, 2.24) is 9.13 Å². The minimum Gasteiger partial charge on any atom is -0.309 e. The lowest BCUT2D eigenvalue weighted by Gasteiger charge is -2.22. The molecular formula is C51H36N2. The first-order valence-electron chi connectivity index (χ1n) is 18.5. The highest BCUT2D eigenvalue weighted by Gasteiger charge is 2.35. The molecule has 0 spiro atoms. The van der Waals surface area contributed by atoms with Crippen molar-refractivity contribution in [2.45, 2.75) is 19.3 Å².